The molecule has 8 unspecified atom stereocenters. The number of hydrogen-bond donors (Lipinski definition) is 6. The van der Waals surface area contributed by atoms with Gasteiger partial charge in [-0.2, -0.15) is 0 Å². The van der Waals surface area contributed by atoms with Crippen LogP contribution in [0.3, 0.4) is 0 Å². The number of carbonyl (C=O) groups excluding carboxylic acids is 11. The zero-order valence-electron chi connectivity index (χ0n) is 56.4. The fraction of sp³-hybridized carbons (Fsp3) is 0.790. The molecule has 24 nitrogen and oxygen atoms in total. The Hall–Kier alpha value is -6.17. The van der Waals surface area contributed by atoms with Crippen molar-refractivity contribution in [1.82, 2.24) is 55.6 Å². The van der Waals surface area contributed by atoms with Gasteiger partial charge in [0, 0.05) is 55.8 Å². The van der Waals surface area contributed by atoms with Gasteiger partial charge in [-0.1, -0.05) is 95.2 Å². The molecule has 24 heteroatoms. The van der Waals surface area contributed by atoms with Crippen molar-refractivity contribution < 1.29 is 63.0 Å². The molecule has 11 amide bonds. The van der Waals surface area contributed by atoms with E-state index >= 15 is 9.59 Å². The van der Waals surface area contributed by atoms with Crippen molar-refractivity contribution >= 4 is 65.0 Å². The number of aliphatic hydroxyl groups is 2. The third kappa shape index (κ3) is 21.9. The molecule has 1 rings (SSSR count). The predicted octanol–water partition coefficient (Wildman–Crippen LogP) is 2.38. The molecule has 0 saturated carbocycles. The van der Waals surface area contributed by atoms with E-state index < -0.39 is 161 Å². The van der Waals surface area contributed by atoms with E-state index in [0.29, 0.717) is 6.42 Å². The van der Waals surface area contributed by atoms with Gasteiger partial charge in [0.2, 0.25) is 65.0 Å². The van der Waals surface area contributed by atoms with Crippen molar-refractivity contribution in [1.29, 1.82) is 0 Å². The summed E-state index contributed by atoms with van der Waals surface area (Å²) in [5, 5.41) is 34.2. The second-order valence-electron chi connectivity index (χ2n) is 26.5. The quantitative estimate of drug-likeness (QED) is 0.129. The third-order valence-electron chi connectivity index (χ3n) is 16.1. The highest BCUT2D eigenvalue weighted by molar-refractivity contribution is 5.99. The summed E-state index contributed by atoms with van der Waals surface area (Å²) in [6, 6.07) is -13.0. The molecule has 1 fully saturated rings. The van der Waals surface area contributed by atoms with E-state index in [9.17, 15) is 53.4 Å². The van der Waals surface area contributed by atoms with Gasteiger partial charge in [-0.25, -0.2) is 0 Å². The zero-order chi connectivity index (χ0) is 66.9. The number of nitrogens with one attached hydrogen (secondary N) is 4. The second kappa shape index (κ2) is 34.4. The van der Waals surface area contributed by atoms with Crippen LogP contribution < -0.4 is 21.3 Å². The van der Waals surface area contributed by atoms with Gasteiger partial charge in [0.1, 0.15) is 60.4 Å². The summed E-state index contributed by atoms with van der Waals surface area (Å²) in [5.41, 5.74) is -1.56. The van der Waals surface area contributed by atoms with Crippen LogP contribution in [0.15, 0.2) is 12.2 Å². The third-order valence-corrected chi connectivity index (χ3v) is 16.1. The van der Waals surface area contributed by atoms with Gasteiger partial charge in [0.25, 0.3) is 0 Å². The molecule has 1 saturated heterocycles. The largest absolute Gasteiger partial charge is 0.390 e. The van der Waals surface area contributed by atoms with E-state index in [-0.39, 0.29) is 49.9 Å². The monoisotopic (exact) mass is 1220 g/mol. The van der Waals surface area contributed by atoms with Crippen molar-refractivity contribution in [2.45, 2.75) is 228 Å². The number of carbonyl (C=O) groups is 11. The lowest BCUT2D eigenvalue weighted by molar-refractivity contribution is -0.158. The first-order valence-electron chi connectivity index (χ1n) is 30.6. The highest BCUT2D eigenvalue weighted by Crippen LogP contribution is 2.26. The van der Waals surface area contributed by atoms with Crippen LogP contribution in [0.25, 0.3) is 0 Å². The van der Waals surface area contributed by atoms with E-state index in [4.69, 9.17) is 0 Å². The molecule has 1 heterocycles. The van der Waals surface area contributed by atoms with Crippen LogP contribution in [0.2, 0.25) is 0 Å². The summed E-state index contributed by atoms with van der Waals surface area (Å²) < 4.78 is 0. The molecule has 0 aromatic heterocycles. The van der Waals surface area contributed by atoms with Crippen LogP contribution in [0, 0.1) is 35.5 Å². The van der Waals surface area contributed by atoms with Crippen molar-refractivity contribution in [3.63, 3.8) is 0 Å². The Morgan fingerprint density at radius 2 is 0.953 bits per heavy atom. The Morgan fingerprint density at radius 1 is 0.512 bits per heavy atom. The molecule has 0 bridgehead atoms. The van der Waals surface area contributed by atoms with Gasteiger partial charge < -0.3 is 65.8 Å². The Bertz CT molecular complexity index is 2370. The Morgan fingerprint density at radius 3 is 1.42 bits per heavy atom. The molecule has 12 atom stereocenters. The standard InChI is InChI=1S/C62H111N11O13/c1-25-27-28-39(13)51(75)50-55(79)65-42(26-2)57(81)67(18)33-47(74)68(19)43(29-34(3)4)54(78)66-48(37(9)10)60(84)69(20)44(30-35(5)6)53(77)63-40(14)52(76)64-41(15)56(80)71(22)46(32-62(16,17)86)59(83)70(21)45(31-36(7)8)58(82)72(23)49(38(11)12)61(85)73(50)24/h25,27,34-46,48-51,75,86H,26,28-33H2,1-24H3,(H,63,77)(H,64,76)(H,65,79)(H,66,78)/b27-25+/t39-,40?,41?,42?,43+,44?,45?,46?,48?,49?,50+,51-/m1/s1. The summed E-state index contributed by atoms with van der Waals surface area (Å²) in [4.78, 5) is 168. The Labute approximate surface area is 513 Å². The van der Waals surface area contributed by atoms with Gasteiger partial charge in [-0.15, -0.1) is 0 Å². The average Bonchev–Trinajstić information content (AvgIpc) is 2.11. The van der Waals surface area contributed by atoms with Gasteiger partial charge in [-0.05, 0) is 102 Å². The fourth-order valence-corrected chi connectivity index (χ4v) is 10.7. The minimum Gasteiger partial charge on any atom is -0.390 e. The Balaban J connectivity index is 4.36. The minimum absolute atomic E-state index is 0.00763. The van der Waals surface area contributed by atoms with E-state index in [2.05, 4.69) is 21.3 Å². The molecule has 0 radical (unpaired) electrons. The van der Waals surface area contributed by atoms with E-state index in [1.54, 1.807) is 60.6 Å². The number of amides is 11. The smallest absolute Gasteiger partial charge is 0.246 e. The average molecular weight is 1220 g/mol. The van der Waals surface area contributed by atoms with Crippen molar-refractivity contribution in [2.24, 2.45) is 35.5 Å². The molecule has 0 aromatic carbocycles. The molecule has 6 N–H and O–H groups in total. The van der Waals surface area contributed by atoms with E-state index in [1.165, 1.54) is 96.6 Å². The van der Waals surface area contributed by atoms with E-state index in [0.717, 1.165) is 14.7 Å². The highest BCUT2D eigenvalue weighted by atomic mass is 16.3. The molecule has 0 aliphatic carbocycles. The summed E-state index contributed by atoms with van der Waals surface area (Å²) >= 11 is 0. The topological polar surface area (TPSA) is 299 Å². The normalized spacial score (nSPS) is 26.9. The van der Waals surface area contributed by atoms with Gasteiger partial charge >= 0.3 is 0 Å². The lowest BCUT2D eigenvalue weighted by Gasteiger charge is -2.42. The van der Waals surface area contributed by atoms with Crippen LogP contribution in [-0.4, -0.2) is 237 Å². The first-order valence-corrected chi connectivity index (χ1v) is 30.6. The second-order valence-corrected chi connectivity index (χ2v) is 26.5. The molecular formula is C62H111N11O13. The van der Waals surface area contributed by atoms with Gasteiger partial charge in [0.05, 0.1) is 18.2 Å². The number of allylic oxidation sites excluding steroid dienone is 2. The fourth-order valence-electron chi connectivity index (χ4n) is 10.7. The molecule has 0 spiro atoms. The maximum Gasteiger partial charge on any atom is 0.246 e. The molecule has 492 valence electrons. The molecule has 1 aliphatic heterocycles. The Kier molecular flexibility index (Phi) is 31.1. The first kappa shape index (κ1) is 77.8. The first-order chi connectivity index (χ1) is 39.5. The minimum atomic E-state index is -1.64. The van der Waals surface area contributed by atoms with Crippen LogP contribution in [0.4, 0.5) is 0 Å². The summed E-state index contributed by atoms with van der Waals surface area (Å²) in [5.74, 6) is -10.3. The van der Waals surface area contributed by atoms with Gasteiger partial charge in [0.15, 0.2) is 0 Å². The highest BCUT2D eigenvalue weighted by Gasteiger charge is 2.46. The lowest BCUT2D eigenvalue weighted by Crippen LogP contribution is -2.63. The lowest BCUT2D eigenvalue weighted by atomic mass is 9.91. The number of nitrogens with zero attached hydrogens (tertiary/aromatic N) is 7. The number of aliphatic hydroxyl groups excluding tert-OH is 1. The summed E-state index contributed by atoms with van der Waals surface area (Å²) in [6.07, 6.45) is 2.38. The van der Waals surface area contributed by atoms with E-state index in [1.807, 2.05) is 41.5 Å². The van der Waals surface area contributed by atoms with Gasteiger partial charge in [-0.3, -0.25) is 52.7 Å². The van der Waals surface area contributed by atoms with Crippen molar-refractivity contribution in [3.8, 4) is 0 Å². The molecule has 0 aromatic rings. The number of likely N-dealkylation sites (N-methyl/N-ethyl adjacent to an activating group) is 7. The van der Waals surface area contributed by atoms with Crippen LogP contribution in [0.5, 0.6) is 0 Å². The predicted molar refractivity (Wildman–Crippen MR) is 330 cm³/mol. The molecular weight excluding hydrogens is 1110 g/mol. The van der Waals surface area contributed by atoms with Crippen molar-refractivity contribution in [2.75, 3.05) is 55.9 Å². The maximum absolute atomic E-state index is 15.1. The SMILES string of the molecule is C/C=C/C[C@@H](C)[C@@H](O)[C@H]1C(=O)NC(CC)C(=O)N(C)CC(=O)N(C)[C@@H](CC(C)C)C(=O)NC(C(C)C)C(=O)N(C)C(CC(C)C)C(=O)NC(C)C(=O)NC(C)C(=O)N(C)C(CC(C)(C)O)C(=O)N(C)C(CC(C)C)C(=O)N(C)C(C(C)C)C(=O)N1C. The molecule has 86 heavy (non-hydrogen) atoms. The van der Waals surface area contributed by atoms with Crippen LogP contribution in [-0.2, 0) is 52.7 Å². The summed E-state index contributed by atoms with van der Waals surface area (Å²) in [7, 11) is 9.63. The number of hydrogen-bond acceptors (Lipinski definition) is 13. The van der Waals surface area contributed by atoms with Crippen LogP contribution >= 0.6 is 0 Å². The number of rotatable bonds is 15. The zero-order valence-corrected chi connectivity index (χ0v) is 56.4. The molecule has 1 aliphatic rings. The van der Waals surface area contributed by atoms with Crippen LogP contribution in [0.1, 0.15) is 156 Å². The maximum atomic E-state index is 15.1. The van der Waals surface area contributed by atoms with Crippen molar-refractivity contribution in [3.05, 3.63) is 12.2 Å². The summed E-state index contributed by atoms with van der Waals surface area (Å²) in [6.45, 7) is 28.1.